The van der Waals surface area contributed by atoms with E-state index in [0.29, 0.717) is 12.0 Å². The van der Waals surface area contributed by atoms with Gasteiger partial charge in [-0.05, 0) is 31.4 Å². The number of hydrogen-bond donors (Lipinski definition) is 1. The van der Waals surface area contributed by atoms with E-state index in [9.17, 15) is 0 Å². The molecule has 1 aromatic carbocycles. The van der Waals surface area contributed by atoms with E-state index in [-0.39, 0.29) is 0 Å². The van der Waals surface area contributed by atoms with Gasteiger partial charge < -0.3 is 5.32 Å². The fourth-order valence-corrected chi connectivity index (χ4v) is 3.10. The Hall–Kier alpha value is -1.19. The van der Waals surface area contributed by atoms with Crippen molar-refractivity contribution < 1.29 is 0 Å². The molecular formula is C17H24N2S. The standard InChI is InChI=1S/C17H24N2S/c1-4-10-18-17(11-16-12-20-14(3)19-16)13(2)15-8-6-5-7-9-15/h5-9,12-13,17-18H,4,10-11H2,1-3H3. The highest BCUT2D eigenvalue weighted by Crippen LogP contribution is 2.22. The predicted molar refractivity (Wildman–Crippen MR) is 87.5 cm³/mol. The van der Waals surface area contributed by atoms with Gasteiger partial charge in [0, 0.05) is 17.8 Å². The van der Waals surface area contributed by atoms with E-state index in [4.69, 9.17) is 0 Å². The molecule has 3 heteroatoms. The molecule has 0 bridgehead atoms. The van der Waals surface area contributed by atoms with Crippen molar-refractivity contribution in [1.29, 1.82) is 0 Å². The first kappa shape index (κ1) is 15.2. The molecule has 20 heavy (non-hydrogen) atoms. The average molecular weight is 288 g/mol. The van der Waals surface area contributed by atoms with Crippen molar-refractivity contribution in [2.75, 3.05) is 6.54 Å². The molecule has 0 saturated heterocycles. The van der Waals surface area contributed by atoms with E-state index in [1.165, 1.54) is 11.3 Å². The number of aryl methyl sites for hydroxylation is 1. The Morgan fingerprint density at radius 1 is 1.25 bits per heavy atom. The molecule has 0 spiro atoms. The van der Waals surface area contributed by atoms with E-state index in [1.807, 2.05) is 0 Å². The van der Waals surface area contributed by atoms with Crippen LogP contribution in [0.2, 0.25) is 0 Å². The molecule has 0 aliphatic carbocycles. The highest BCUT2D eigenvalue weighted by Gasteiger charge is 2.19. The Bertz CT molecular complexity index is 507. The first-order valence-electron chi connectivity index (χ1n) is 7.40. The fourth-order valence-electron chi connectivity index (χ4n) is 2.47. The number of aromatic nitrogens is 1. The molecule has 2 atom stereocenters. The number of nitrogens with zero attached hydrogens (tertiary/aromatic N) is 1. The Morgan fingerprint density at radius 3 is 2.60 bits per heavy atom. The first-order chi connectivity index (χ1) is 9.70. The summed E-state index contributed by atoms with van der Waals surface area (Å²) in [5, 5.41) is 7.03. The molecule has 0 amide bonds. The molecule has 108 valence electrons. The minimum Gasteiger partial charge on any atom is -0.313 e. The van der Waals surface area contributed by atoms with Crippen molar-refractivity contribution in [2.24, 2.45) is 0 Å². The lowest BCUT2D eigenvalue weighted by molar-refractivity contribution is 0.444. The maximum Gasteiger partial charge on any atom is 0.0897 e. The molecule has 2 rings (SSSR count). The average Bonchev–Trinajstić information content (AvgIpc) is 2.89. The highest BCUT2D eigenvalue weighted by atomic mass is 32.1. The lowest BCUT2D eigenvalue weighted by Crippen LogP contribution is -2.36. The summed E-state index contributed by atoms with van der Waals surface area (Å²) in [4.78, 5) is 4.61. The number of rotatable bonds is 7. The second-order valence-corrected chi connectivity index (χ2v) is 6.38. The van der Waals surface area contributed by atoms with E-state index in [0.717, 1.165) is 24.4 Å². The third-order valence-electron chi connectivity index (χ3n) is 3.68. The summed E-state index contributed by atoms with van der Waals surface area (Å²) in [6.07, 6.45) is 2.16. The van der Waals surface area contributed by atoms with Gasteiger partial charge in [-0.1, -0.05) is 44.2 Å². The zero-order valence-corrected chi connectivity index (χ0v) is 13.4. The molecule has 0 saturated carbocycles. The van der Waals surface area contributed by atoms with Crippen LogP contribution >= 0.6 is 11.3 Å². The third kappa shape index (κ3) is 4.15. The van der Waals surface area contributed by atoms with Crippen LogP contribution < -0.4 is 5.32 Å². The molecule has 1 N–H and O–H groups in total. The predicted octanol–water partition coefficient (Wildman–Crippen LogP) is 4.17. The minimum atomic E-state index is 0.443. The van der Waals surface area contributed by atoms with E-state index in [2.05, 4.69) is 66.8 Å². The maximum absolute atomic E-state index is 4.61. The van der Waals surface area contributed by atoms with Crippen LogP contribution in [0.15, 0.2) is 35.7 Å². The Morgan fingerprint density at radius 2 is 2.00 bits per heavy atom. The Labute approximate surface area is 126 Å². The summed E-state index contributed by atoms with van der Waals surface area (Å²) in [6, 6.07) is 11.2. The molecule has 0 aliphatic heterocycles. The largest absolute Gasteiger partial charge is 0.313 e. The summed E-state index contributed by atoms with van der Waals surface area (Å²) in [5.74, 6) is 0.491. The van der Waals surface area contributed by atoms with Crippen LogP contribution in [-0.4, -0.2) is 17.6 Å². The summed E-state index contributed by atoms with van der Waals surface area (Å²) in [5.41, 5.74) is 2.61. The molecule has 0 aliphatic rings. The maximum atomic E-state index is 4.61. The normalized spacial score (nSPS) is 14.2. The van der Waals surface area contributed by atoms with Crippen molar-refractivity contribution in [3.8, 4) is 0 Å². The lowest BCUT2D eigenvalue weighted by atomic mass is 9.90. The monoisotopic (exact) mass is 288 g/mol. The van der Waals surface area contributed by atoms with Crippen LogP contribution in [-0.2, 0) is 6.42 Å². The zero-order valence-electron chi connectivity index (χ0n) is 12.6. The topological polar surface area (TPSA) is 24.9 Å². The van der Waals surface area contributed by atoms with Crippen molar-refractivity contribution in [3.63, 3.8) is 0 Å². The van der Waals surface area contributed by atoms with Crippen LogP contribution in [0, 0.1) is 6.92 Å². The van der Waals surface area contributed by atoms with Crippen LogP contribution in [0.3, 0.4) is 0 Å². The second-order valence-electron chi connectivity index (χ2n) is 5.32. The summed E-state index contributed by atoms with van der Waals surface area (Å²) < 4.78 is 0. The third-order valence-corrected chi connectivity index (χ3v) is 4.50. The van der Waals surface area contributed by atoms with Crippen molar-refractivity contribution in [1.82, 2.24) is 10.3 Å². The van der Waals surface area contributed by atoms with E-state index >= 15 is 0 Å². The molecule has 2 nitrogen and oxygen atoms in total. The molecule has 1 aromatic heterocycles. The Kier molecular flexibility index (Phi) is 5.74. The Balaban J connectivity index is 2.10. The molecule has 0 fully saturated rings. The van der Waals surface area contributed by atoms with E-state index < -0.39 is 0 Å². The SMILES string of the molecule is CCCNC(Cc1csc(C)n1)C(C)c1ccccc1. The molecular weight excluding hydrogens is 264 g/mol. The van der Waals surface area contributed by atoms with Gasteiger partial charge in [-0.15, -0.1) is 11.3 Å². The van der Waals surface area contributed by atoms with Gasteiger partial charge in [0.15, 0.2) is 0 Å². The van der Waals surface area contributed by atoms with Gasteiger partial charge in [0.05, 0.1) is 10.7 Å². The van der Waals surface area contributed by atoms with Crippen LogP contribution in [0.4, 0.5) is 0 Å². The number of hydrogen-bond acceptors (Lipinski definition) is 3. The van der Waals surface area contributed by atoms with Gasteiger partial charge in [-0.25, -0.2) is 4.98 Å². The van der Waals surface area contributed by atoms with Crippen molar-refractivity contribution in [2.45, 2.75) is 45.6 Å². The quantitative estimate of drug-likeness (QED) is 0.827. The van der Waals surface area contributed by atoms with Gasteiger partial charge in [-0.3, -0.25) is 0 Å². The van der Waals surface area contributed by atoms with Crippen LogP contribution in [0.1, 0.15) is 42.5 Å². The van der Waals surface area contributed by atoms with Crippen molar-refractivity contribution >= 4 is 11.3 Å². The van der Waals surface area contributed by atoms with Crippen molar-refractivity contribution in [3.05, 3.63) is 52.0 Å². The van der Waals surface area contributed by atoms with Crippen LogP contribution in [0.5, 0.6) is 0 Å². The highest BCUT2D eigenvalue weighted by molar-refractivity contribution is 7.09. The number of nitrogens with one attached hydrogen (secondary N) is 1. The van der Waals surface area contributed by atoms with E-state index in [1.54, 1.807) is 11.3 Å². The van der Waals surface area contributed by atoms with Gasteiger partial charge in [0.1, 0.15) is 0 Å². The smallest absolute Gasteiger partial charge is 0.0897 e. The first-order valence-corrected chi connectivity index (χ1v) is 8.28. The summed E-state index contributed by atoms with van der Waals surface area (Å²) >= 11 is 1.74. The summed E-state index contributed by atoms with van der Waals surface area (Å²) in [6.45, 7) is 7.65. The van der Waals surface area contributed by atoms with Gasteiger partial charge in [-0.2, -0.15) is 0 Å². The fraction of sp³-hybridized carbons (Fsp3) is 0.471. The van der Waals surface area contributed by atoms with Gasteiger partial charge >= 0.3 is 0 Å². The lowest BCUT2D eigenvalue weighted by Gasteiger charge is -2.25. The summed E-state index contributed by atoms with van der Waals surface area (Å²) in [7, 11) is 0. The molecule has 0 radical (unpaired) electrons. The minimum absolute atomic E-state index is 0.443. The number of benzene rings is 1. The van der Waals surface area contributed by atoms with Crippen LogP contribution in [0.25, 0.3) is 0 Å². The molecule has 1 heterocycles. The van der Waals surface area contributed by atoms with Gasteiger partial charge in [0.25, 0.3) is 0 Å². The zero-order chi connectivity index (χ0) is 14.4. The number of thiazole rings is 1. The molecule has 2 unspecified atom stereocenters. The van der Waals surface area contributed by atoms with Gasteiger partial charge in [0.2, 0.25) is 0 Å². The molecule has 2 aromatic rings. The second kappa shape index (κ2) is 7.55.